The van der Waals surface area contributed by atoms with Crippen LogP contribution in [0.15, 0.2) is 47.6 Å². The number of amides is 1. The summed E-state index contributed by atoms with van der Waals surface area (Å²) in [5.74, 6) is 1.16. The van der Waals surface area contributed by atoms with E-state index in [2.05, 4.69) is 10.5 Å². The second-order valence-electron chi connectivity index (χ2n) is 5.53. The fourth-order valence-corrected chi connectivity index (χ4v) is 2.31. The highest BCUT2D eigenvalue weighted by molar-refractivity contribution is 5.98. The van der Waals surface area contributed by atoms with Gasteiger partial charge in [-0.25, -0.2) is 0 Å². The number of nitrogens with zero attached hydrogens (tertiary/aromatic N) is 1. The van der Waals surface area contributed by atoms with E-state index in [9.17, 15) is 4.79 Å². The predicted octanol–water partition coefficient (Wildman–Crippen LogP) is 1.97. The molecule has 138 valence electrons. The monoisotopic (exact) mass is 357 g/mol. The summed E-state index contributed by atoms with van der Waals surface area (Å²) in [6.45, 7) is 2.03. The Morgan fingerprint density at radius 3 is 2.54 bits per heavy atom. The third kappa shape index (κ3) is 5.14. The van der Waals surface area contributed by atoms with E-state index < -0.39 is 0 Å². The normalized spacial score (nSPS) is 11.0. The minimum Gasteiger partial charge on any atom is -0.493 e. The van der Waals surface area contributed by atoms with Crippen molar-refractivity contribution in [3.8, 4) is 11.5 Å². The number of ether oxygens (including phenoxy) is 2. The van der Waals surface area contributed by atoms with Crippen molar-refractivity contribution in [3.63, 3.8) is 0 Å². The van der Waals surface area contributed by atoms with Crippen LogP contribution in [0.3, 0.4) is 0 Å². The Balaban J connectivity index is 1.84. The molecule has 1 amide bonds. The minimum absolute atomic E-state index is 0.222. The number of nitrogens with one attached hydrogen (secondary N) is 1. The molecule has 0 aliphatic carbocycles. The van der Waals surface area contributed by atoms with Crippen LogP contribution in [0.4, 0.5) is 0 Å². The molecule has 0 saturated carbocycles. The van der Waals surface area contributed by atoms with Crippen molar-refractivity contribution in [2.75, 3.05) is 20.8 Å². The molecule has 0 aromatic heterocycles. The quantitative estimate of drug-likeness (QED) is 0.428. The van der Waals surface area contributed by atoms with Crippen molar-refractivity contribution < 1.29 is 19.1 Å². The maximum Gasteiger partial charge on any atom is 0.261 e. The predicted molar refractivity (Wildman–Crippen MR) is 99.2 cm³/mol. The average molecular weight is 357 g/mol. The standard InChI is InChI=1S/C19H23N3O4/c1-13-6-4-5-7-15(13)19(20)22-26-12-18(23)21-11-14-8-9-16(24-2)17(10-14)25-3/h4-10H,11-12H2,1-3H3,(H2,20,22)(H,21,23). The number of carbonyl (C=O) groups is 1. The molecular formula is C19H23N3O4. The second-order valence-corrected chi connectivity index (χ2v) is 5.53. The molecule has 3 N–H and O–H groups in total. The van der Waals surface area contributed by atoms with E-state index in [1.165, 1.54) is 0 Å². The fraction of sp³-hybridized carbons (Fsp3) is 0.263. The lowest BCUT2D eigenvalue weighted by atomic mass is 10.1. The van der Waals surface area contributed by atoms with E-state index in [0.717, 1.165) is 16.7 Å². The largest absolute Gasteiger partial charge is 0.493 e. The molecule has 0 radical (unpaired) electrons. The number of nitrogens with two attached hydrogens (primary N) is 1. The number of hydrogen-bond donors (Lipinski definition) is 2. The minimum atomic E-state index is -0.305. The molecule has 0 aliphatic rings. The highest BCUT2D eigenvalue weighted by Gasteiger charge is 2.07. The third-order valence-corrected chi connectivity index (χ3v) is 3.72. The number of amidine groups is 1. The summed E-state index contributed by atoms with van der Waals surface area (Å²) in [6.07, 6.45) is 0. The molecule has 2 aromatic carbocycles. The summed E-state index contributed by atoms with van der Waals surface area (Å²) in [4.78, 5) is 16.9. The van der Waals surface area contributed by atoms with Crippen LogP contribution in [0.1, 0.15) is 16.7 Å². The van der Waals surface area contributed by atoms with E-state index in [-0.39, 0.29) is 18.3 Å². The van der Waals surface area contributed by atoms with Crippen molar-refractivity contribution >= 4 is 11.7 Å². The van der Waals surface area contributed by atoms with E-state index in [1.807, 2.05) is 37.3 Å². The van der Waals surface area contributed by atoms with E-state index >= 15 is 0 Å². The molecule has 7 heteroatoms. The Hall–Kier alpha value is -3.22. The van der Waals surface area contributed by atoms with Gasteiger partial charge in [0.1, 0.15) is 0 Å². The maximum atomic E-state index is 11.9. The number of benzene rings is 2. The summed E-state index contributed by atoms with van der Waals surface area (Å²) >= 11 is 0. The van der Waals surface area contributed by atoms with Crippen molar-refractivity contribution in [3.05, 3.63) is 59.2 Å². The SMILES string of the molecule is COc1ccc(CNC(=O)CO/N=C(/N)c2ccccc2C)cc1OC. The van der Waals surface area contributed by atoms with Crippen molar-refractivity contribution in [2.24, 2.45) is 10.9 Å². The van der Waals surface area contributed by atoms with Gasteiger partial charge >= 0.3 is 0 Å². The topological polar surface area (TPSA) is 95.2 Å². The van der Waals surface area contributed by atoms with Gasteiger partial charge < -0.3 is 25.4 Å². The molecule has 0 saturated heterocycles. The first-order chi connectivity index (χ1) is 12.5. The summed E-state index contributed by atoms with van der Waals surface area (Å²) in [5, 5.41) is 6.54. The number of hydrogen-bond acceptors (Lipinski definition) is 5. The molecule has 0 heterocycles. The van der Waals surface area contributed by atoms with Gasteiger partial charge in [-0.05, 0) is 30.2 Å². The van der Waals surface area contributed by atoms with Gasteiger partial charge in [0.15, 0.2) is 23.9 Å². The van der Waals surface area contributed by atoms with Crippen LogP contribution in [0.2, 0.25) is 0 Å². The van der Waals surface area contributed by atoms with Gasteiger partial charge in [-0.1, -0.05) is 35.5 Å². The summed E-state index contributed by atoms with van der Waals surface area (Å²) in [5.41, 5.74) is 8.51. The van der Waals surface area contributed by atoms with Gasteiger partial charge in [-0.15, -0.1) is 0 Å². The van der Waals surface area contributed by atoms with E-state index in [1.54, 1.807) is 26.4 Å². The molecule has 2 aromatic rings. The number of carbonyl (C=O) groups excluding carboxylic acids is 1. The molecule has 0 spiro atoms. The number of rotatable bonds is 8. The van der Waals surface area contributed by atoms with Crippen LogP contribution in [0.5, 0.6) is 11.5 Å². The first-order valence-electron chi connectivity index (χ1n) is 8.04. The lowest BCUT2D eigenvalue weighted by molar-refractivity contribution is -0.125. The molecule has 0 aliphatic heterocycles. The number of methoxy groups -OCH3 is 2. The van der Waals surface area contributed by atoms with Gasteiger partial charge in [-0.2, -0.15) is 0 Å². The van der Waals surface area contributed by atoms with E-state index in [4.69, 9.17) is 20.0 Å². The fourth-order valence-electron chi connectivity index (χ4n) is 2.31. The molecule has 0 atom stereocenters. The first kappa shape index (κ1) is 19.1. The van der Waals surface area contributed by atoms with E-state index in [0.29, 0.717) is 18.0 Å². The lowest BCUT2D eigenvalue weighted by Crippen LogP contribution is -2.27. The van der Waals surface area contributed by atoms with Gasteiger partial charge in [0, 0.05) is 12.1 Å². The van der Waals surface area contributed by atoms with Crippen molar-refractivity contribution in [2.45, 2.75) is 13.5 Å². The molecule has 7 nitrogen and oxygen atoms in total. The van der Waals surface area contributed by atoms with Crippen molar-refractivity contribution in [1.82, 2.24) is 5.32 Å². The highest BCUT2D eigenvalue weighted by Crippen LogP contribution is 2.27. The Labute approximate surface area is 152 Å². The lowest BCUT2D eigenvalue weighted by Gasteiger charge is -2.10. The first-order valence-corrected chi connectivity index (χ1v) is 8.04. The van der Waals surface area contributed by atoms with Crippen LogP contribution in [0, 0.1) is 6.92 Å². The van der Waals surface area contributed by atoms with Crippen LogP contribution in [0.25, 0.3) is 0 Å². The van der Waals surface area contributed by atoms with Gasteiger partial charge in [-0.3, -0.25) is 4.79 Å². The second kappa shape index (κ2) is 9.31. The molecule has 2 rings (SSSR count). The zero-order valence-corrected chi connectivity index (χ0v) is 15.1. The van der Waals surface area contributed by atoms with Gasteiger partial charge in [0.05, 0.1) is 14.2 Å². The van der Waals surface area contributed by atoms with Crippen molar-refractivity contribution in [1.29, 1.82) is 0 Å². The third-order valence-electron chi connectivity index (χ3n) is 3.72. The van der Waals surface area contributed by atoms with Crippen LogP contribution in [-0.2, 0) is 16.2 Å². The molecular weight excluding hydrogens is 334 g/mol. The molecule has 0 unspecified atom stereocenters. The Morgan fingerprint density at radius 2 is 1.85 bits per heavy atom. The zero-order chi connectivity index (χ0) is 18.9. The summed E-state index contributed by atoms with van der Waals surface area (Å²) < 4.78 is 10.4. The Morgan fingerprint density at radius 1 is 1.12 bits per heavy atom. The Kier molecular flexibility index (Phi) is 6.84. The van der Waals surface area contributed by atoms with Crippen LogP contribution in [-0.4, -0.2) is 32.6 Å². The maximum absolute atomic E-state index is 11.9. The number of aryl methyl sites for hydroxylation is 1. The molecule has 0 bridgehead atoms. The molecule has 0 fully saturated rings. The zero-order valence-electron chi connectivity index (χ0n) is 15.1. The van der Waals surface area contributed by atoms with Crippen LogP contribution >= 0.6 is 0 Å². The van der Waals surface area contributed by atoms with Gasteiger partial charge in [0.2, 0.25) is 0 Å². The smallest absolute Gasteiger partial charge is 0.261 e. The summed E-state index contributed by atoms with van der Waals surface area (Å²) in [7, 11) is 3.13. The highest BCUT2D eigenvalue weighted by atomic mass is 16.6. The van der Waals surface area contributed by atoms with Crippen LogP contribution < -0.4 is 20.5 Å². The van der Waals surface area contributed by atoms with Gasteiger partial charge in [0.25, 0.3) is 5.91 Å². The number of oxime groups is 1. The average Bonchev–Trinajstić information content (AvgIpc) is 2.66. The Bertz CT molecular complexity index is 790. The summed E-state index contributed by atoms with van der Waals surface area (Å²) in [6, 6.07) is 13.0. The molecule has 26 heavy (non-hydrogen) atoms.